The zero-order valence-electron chi connectivity index (χ0n) is 9.32. The highest BCUT2D eigenvalue weighted by molar-refractivity contribution is 7.99. The molecule has 16 heavy (non-hydrogen) atoms. The molecule has 2 fully saturated rings. The normalized spacial score (nSPS) is 27.4. The van der Waals surface area contributed by atoms with E-state index in [0.29, 0.717) is 11.8 Å². The van der Waals surface area contributed by atoms with Gasteiger partial charge in [0.25, 0.3) is 0 Å². The van der Waals surface area contributed by atoms with Gasteiger partial charge in [-0.2, -0.15) is 16.7 Å². The van der Waals surface area contributed by atoms with E-state index in [1.54, 1.807) is 0 Å². The van der Waals surface area contributed by atoms with Gasteiger partial charge in [-0.05, 0) is 37.3 Å². The van der Waals surface area contributed by atoms with Crippen molar-refractivity contribution in [3.05, 3.63) is 11.7 Å². The summed E-state index contributed by atoms with van der Waals surface area (Å²) in [6.07, 6.45) is 3.53. The molecule has 88 valence electrons. The predicted octanol–water partition coefficient (Wildman–Crippen LogP) is 1.76. The topological polar surface area (TPSA) is 51.0 Å². The van der Waals surface area contributed by atoms with Gasteiger partial charge in [0.1, 0.15) is 0 Å². The molecule has 5 heteroatoms. The maximum absolute atomic E-state index is 5.39. The minimum atomic E-state index is 0.444. The van der Waals surface area contributed by atoms with E-state index in [1.165, 1.54) is 24.3 Å². The van der Waals surface area contributed by atoms with Crippen LogP contribution in [0.5, 0.6) is 0 Å². The van der Waals surface area contributed by atoms with Crippen LogP contribution in [0.15, 0.2) is 4.52 Å². The van der Waals surface area contributed by atoms with E-state index >= 15 is 0 Å². The largest absolute Gasteiger partial charge is 0.339 e. The fourth-order valence-corrected chi connectivity index (χ4v) is 3.51. The van der Waals surface area contributed by atoms with Crippen molar-refractivity contribution in [2.24, 2.45) is 0 Å². The van der Waals surface area contributed by atoms with Crippen molar-refractivity contribution in [1.29, 1.82) is 0 Å². The molecule has 4 nitrogen and oxygen atoms in total. The second-order valence-electron chi connectivity index (χ2n) is 4.57. The van der Waals surface area contributed by atoms with Gasteiger partial charge in [-0.15, -0.1) is 0 Å². The summed E-state index contributed by atoms with van der Waals surface area (Å²) in [5.74, 6) is 5.24. The van der Waals surface area contributed by atoms with Gasteiger partial charge < -0.3 is 9.84 Å². The molecule has 0 amide bonds. The molecule has 1 aromatic heterocycles. The third kappa shape index (κ3) is 2.11. The molecule has 2 aliphatic rings. The molecule has 0 saturated carbocycles. The van der Waals surface area contributed by atoms with E-state index in [4.69, 9.17) is 4.52 Å². The van der Waals surface area contributed by atoms with E-state index in [1.807, 2.05) is 11.8 Å². The first-order chi connectivity index (χ1) is 7.93. The van der Waals surface area contributed by atoms with Crippen molar-refractivity contribution in [1.82, 2.24) is 15.5 Å². The van der Waals surface area contributed by atoms with Gasteiger partial charge in [0.2, 0.25) is 5.89 Å². The van der Waals surface area contributed by atoms with E-state index in [2.05, 4.69) is 15.5 Å². The van der Waals surface area contributed by atoms with Crippen molar-refractivity contribution in [3.63, 3.8) is 0 Å². The van der Waals surface area contributed by atoms with Gasteiger partial charge in [-0.25, -0.2) is 0 Å². The molecule has 1 aromatic rings. The van der Waals surface area contributed by atoms with Crippen molar-refractivity contribution in [2.75, 3.05) is 24.6 Å². The first-order valence-electron chi connectivity index (χ1n) is 6.05. The number of rotatable bonds is 2. The Balaban J connectivity index is 1.71. The Morgan fingerprint density at radius 3 is 2.81 bits per heavy atom. The van der Waals surface area contributed by atoms with E-state index in [0.717, 1.165) is 31.2 Å². The van der Waals surface area contributed by atoms with Crippen molar-refractivity contribution in [2.45, 2.75) is 31.1 Å². The molecule has 2 saturated heterocycles. The van der Waals surface area contributed by atoms with Crippen molar-refractivity contribution in [3.8, 4) is 0 Å². The van der Waals surface area contributed by atoms with Crippen LogP contribution in [0.1, 0.15) is 42.8 Å². The van der Waals surface area contributed by atoms with Crippen LogP contribution in [0.4, 0.5) is 0 Å². The summed E-state index contributed by atoms with van der Waals surface area (Å²) in [4.78, 5) is 4.59. The van der Waals surface area contributed by atoms with E-state index in [-0.39, 0.29) is 0 Å². The molecule has 3 heterocycles. The summed E-state index contributed by atoms with van der Waals surface area (Å²) >= 11 is 2.03. The summed E-state index contributed by atoms with van der Waals surface area (Å²) in [5, 5.41) is 7.49. The highest BCUT2D eigenvalue weighted by Crippen LogP contribution is 2.31. The van der Waals surface area contributed by atoms with Crippen LogP contribution in [-0.4, -0.2) is 34.7 Å². The Labute approximate surface area is 99.6 Å². The van der Waals surface area contributed by atoms with Crippen LogP contribution in [0.25, 0.3) is 0 Å². The van der Waals surface area contributed by atoms with Gasteiger partial charge >= 0.3 is 0 Å². The van der Waals surface area contributed by atoms with Gasteiger partial charge in [0.05, 0.1) is 5.92 Å². The van der Waals surface area contributed by atoms with Gasteiger partial charge in [-0.1, -0.05) is 5.16 Å². The summed E-state index contributed by atoms with van der Waals surface area (Å²) in [6.45, 7) is 2.06. The molecule has 0 spiro atoms. The standard InChI is InChI=1S/C11H17N3OS/c1-4-12-7-9(1)11-13-10(14-15-11)8-2-5-16-6-3-8/h8-9,12H,1-7H2. The van der Waals surface area contributed by atoms with Crippen LogP contribution in [0, 0.1) is 0 Å². The maximum atomic E-state index is 5.39. The lowest BCUT2D eigenvalue weighted by atomic mass is 10.0. The SMILES string of the molecule is C1CC(c2nc(C3CCSCC3)no2)CN1. The summed E-state index contributed by atoms with van der Waals surface area (Å²) in [6, 6.07) is 0. The summed E-state index contributed by atoms with van der Waals surface area (Å²) in [5.41, 5.74) is 0. The highest BCUT2D eigenvalue weighted by atomic mass is 32.2. The number of hydrogen-bond donors (Lipinski definition) is 1. The molecule has 1 unspecified atom stereocenters. The molecule has 0 radical (unpaired) electrons. The predicted molar refractivity (Wildman–Crippen MR) is 63.8 cm³/mol. The van der Waals surface area contributed by atoms with Crippen LogP contribution in [0.3, 0.4) is 0 Å². The van der Waals surface area contributed by atoms with Crippen molar-refractivity contribution < 1.29 is 4.52 Å². The minimum absolute atomic E-state index is 0.444. The zero-order chi connectivity index (χ0) is 10.8. The first-order valence-corrected chi connectivity index (χ1v) is 7.21. The number of thioether (sulfide) groups is 1. The number of aromatic nitrogens is 2. The lowest BCUT2D eigenvalue weighted by Gasteiger charge is -2.17. The second kappa shape index (κ2) is 4.75. The molecular weight excluding hydrogens is 222 g/mol. The Hall–Kier alpha value is -0.550. The third-order valence-electron chi connectivity index (χ3n) is 3.45. The molecule has 0 aliphatic carbocycles. The van der Waals surface area contributed by atoms with Crippen LogP contribution < -0.4 is 5.32 Å². The number of hydrogen-bond acceptors (Lipinski definition) is 5. The average molecular weight is 239 g/mol. The van der Waals surface area contributed by atoms with E-state index in [9.17, 15) is 0 Å². The fourth-order valence-electron chi connectivity index (χ4n) is 2.40. The Morgan fingerprint density at radius 1 is 1.19 bits per heavy atom. The van der Waals surface area contributed by atoms with E-state index < -0.39 is 0 Å². The number of nitrogens with zero attached hydrogens (tertiary/aromatic N) is 2. The van der Waals surface area contributed by atoms with Crippen molar-refractivity contribution >= 4 is 11.8 Å². The van der Waals surface area contributed by atoms with Gasteiger partial charge in [-0.3, -0.25) is 0 Å². The zero-order valence-corrected chi connectivity index (χ0v) is 10.1. The third-order valence-corrected chi connectivity index (χ3v) is 4.50. The maximum Gasteiger partial charge on any atom is 0.231 e. The smallest absolute Gasteiger partial charge is 0.231 e. The molecule has 1 atom stereocenters. The Kier molecular flexibility index (Phi) is 3.15. The fraction of sp³-hybridized carbons (Fsp3) is 0.818. The lowest BCUT2D eigenvalue weighted by Crippen LogP contribution is -2.10. The minimum Gasteiger partial charge on any atom is -0.339 e. The summed E-state index contributed by atoms with van der Waals surface area (Å²) < 4.78 is 5.39. The summed E-state index contributed by atoms with van der Waals surface area (Å²) in [7, 11) is 0. The molecule has 0 bridgehead atoms. The average Bonchev–Trinajstić information content (AvgIpc) is 3.01. The molecule has 0 aromatic carbocycles. The van der Waals surface area contributed by atoms with Gasteiger partial charge in [0, 0.05) is 12.5 Å². The number of nitrogens with one attached hydrogen (secondary N) is 1. The molecule has 2 aliphatic heterocycles. The van der Waals surface area contributed by atoms with Gasteiger partial charge in [0.15, 0.2) is 5.82 Å². The highest BCUT2D eigenvalue weighted by Gasteiger charge is 2.26. The molecule has 3 rings (SSSR count). The second-order valence-corrected chi connectivity index (χ2v) is 5.79. The van der Waals surface area contributed by atoms with Crippen LogP contribution >= 0.6 is 11.8 Å². The Bertz CT molecular complexity index is 343. The lowest BCUT2D eigenvalue weighted by molar-refractivity contribution is 0.351. The Morgan fingerprint density at radius 2 is 2.06 bits per heavy atom. The quantitative estimate of drug-likeness (QED) is 0.852. The van der Waals surface area contributed by atoms with Crippen LogP contribution in [0.2, 0.25) is 0 Å². The van der Waals surface area contributed by atoms with Crippen LogP contribution in [-0.2, 0) is 0 Å². The molecular formula is C11H17N3OS. The first kappa shape index (κ1) is 10.6. The molecule has 1 N–H and O–H groups in total. The monoisotopic (exact) mass is 239 g/mol.